The summed E-state index contributed by atoms with van der Waals surface area (Å²) in [6, 6.07) is 7.64. The zero-order valence-corrected chi connectivity index (χ0v) is 6.02. The molecule has 0 atom stereocenters. The Labute approximate surface area is 62.5 Å². The van der Waals surface area contributed by atoms with Crippen LogP contribution in [-0.2, 0) is 0 Å². The molecule has 0 amide bonds. The predicted octanol–water partition coefficient (Wildman–Crippen LogP) is 1.97. The number of rotatable bonds is 0. The van der Waals surface area contributed by atoms with Crippen molar-refractivity contribution in [2.45, 2.75) is 0 Å². The van der Waals surface area contributed by atoms with Crippen LogP contribution >= 0.6 is 11.3 Å². The molecule has 0 N–H and O–H groups in total. The molecule has 1 aromatic carbocycles. The van der Waals surface area contributed by atoms with Crippen LogP contribution in [0, 0.1) is 0 Å². The molecule has 0 radical (unpaired) electrons. The molecule has 0 saturated carbocycles. The fourth-order valence-electron chi connectivity index (χ4n) is 0.953. The molecule has 0 aliphatic heterocycles. The quantitative estimate of drug-likeness (QED) is 0.561. The summed E-state index contributed by atoms with van der Waals surface area (Å²) in [5, 5.41) is 13.5. The molecule has 1 aromatic heterocycles. The highest BCUT2D eigenvalue weighted by Crippen LogP contribution is 2.27. The van der Waals surface area contributed by atoms with Gasteiger partial charge in [-0.05, 0) is 16.8 Å². The van der Waals surface area contributed by atoms with E-state index in [1.54, 1.807) is 5.38 Å². The van der Waals surface area contributed by atoms with E-state index in [0.717, 1.165) is 10.1 Å². The number of thiophene rings is 1. The summed E-state index contributed by atoms with van der Waals surface area (Å²) in [5.74, 6) is 0.139. The van der Waals surface area contributed by atoms with Crippen LogP contribution in [0.4, 0.5) is 0 Å². The first-order valence-corrected chi connectivity index (χ1v) is 3.89. The molecule has 1 nitrogen and oxygen atoms in total. The Hall–Kier alpha value is -1.02. The lowest BCUT2D eigenvalue weighted by molar-refractivity contribution is -0.265. The van der Waals surface area contributed by atoms with Crippen LogP contribution in [-0.4, -0.2) is 0 Å². The van der Waals surface area contributed by atoms with E-state index in [9.17, 15) is 5.11 Å². The van der Waals surface area contributed by atoms with Crippen molar-refractivity contribution in [1.82, 2.24) is 0 Å². The molecule has 2 aromatic rings. The third-order valence-corrected chi connectivity index (χ3v) is 2.39. The van der Waals surface area contributed by atoms with Gasteiger partial charge in [0.05, 0.1) is 0 Å². The van der Waals surface area contributed by atoms with Gasteiger partial charge in [-0.1, -0.05) is 23.9 Å². The first-order valence-electron chi connectivity index (χ1n) is 3.01. The molecule has 0 spiro atoms. The van der Waals surface area contributed by atoms with E-state index in [-0.39, 0.29) is 5.75 Å². The van der Waals surface area contributed by atoms with Crippen LogP contribution in [0.15, 0.2) is 29.6 Å². The topological polar surface area (TPSA) is 23.1 Å². The van der Waals surface area contributed by atoms with Crippen molar-refractivity contribution in [3.63, 3.8) is 0 Å². The van der Waals surface area contributed by atoms with Gasteiger partial charge in [0.15, 0.2) is 0 Å². The maximum atomic E-state index is 11.0. The second-order valence-electron chi connectivity index (χ2n) is 2.10. The minimum absolute atomic E-state index is 0.139. The van der Waals surface area contributed by atoms with Crippen molar-refractivity contribution in [2.75, 3.05) is 0 Å². The average molecular weight is 149 g/mol. The highest BCUT2D eigenvalue weighted by molar-refractivity contribution is 7.17. The fraction of sp³-hybridized carbons (Fsp3) is 0. The van der Waals surface area contributed by atoms with E-state index in [2.05, 4.69) is 0 Å². The number of hydrogen-bond acceptors (Lipinski definition) is 2. The summed E-state index contributed by atoms with van der Waals surface area (Å²) in [5.41, 5.74) is 0. The fourth-order valence-corrected chi connectivity index (χ4v) is 1.77. The second-order valence-corrected chi connectivity index (χ2v) is 3.01. The molecule has 0 fully saturated rings. The predicted molar refractivity (Wildman–Crippen MR) is 41.3 cm³/mol. The molecule has 2 rings (SSSR count). The number of benzene rings is 1. The van der Waals surface area contributed by atoms with Gasteiger partial charge in [0, 0.05) is 4.70 Å². The monoisotopic (exact) mass is 149 g/mol. The van der Waals surface area contributed by atoms with Crippen molar-refractivity contribution in [2.24, 2.45) is 0 Å². The van der Waals surface area contributed by atoms with Crippen LogP contribution < -0.4 is 5.11 Å². The molecule has 0 aliphatic rings. The second kappa shape index (κ2) is 1.99. The number of hydrogen-bond donors (Lipinski definition) is 0. The molecular weight excluding hydrogens is 144 g/mol. The van der Waals surface area contributed by atoms with E-state index in [1.807, 2.05) is 24.3 Å². The van der Waals surface area contributed by atoms with E-state index < -0.39 is 0 Å². The van der Waals surface area contributed by atoms with E-state index in [4.69, 9.17) is 0 Å². The van der Waals surface area contributed by atoms with Crippen LogP contribution in [0.2, 0.25) is 0 Å². The molecule has 0 unspecified atom stereocenters. The zero-order valence-electron chi connectivity index (χ0n) is 5.20. The normalized spacial score (nSPS) is 10.4. The summed E-state index contributed by atoms with van der Waals surface area (Å²) < 4.78 is 1.08. The minimum atomic E-state index is 0.139. The van der Waals surface area contributed by atoms with E-state index >= 15 is 0 Å². The Bertz CT molecular complexity index is 351. The molecule has 2 heteroatoms. The van der Waals surface area contributed by atoms with Gasteiger partial charge in [0.2, 0.25) is 0 Å². The van der Waals surface area contributed by atoms with Crippen LogP contribution in [0.3, 0.4) is 0 Å². The lowest BCUT2D eigenvalue weighted by atomic mass is 10.2. The molecule has 1 heterocycles. The van der Waals surface area contributed by atoms with Crippen LogP contribution in [0.25, 0.3) is 10.1 Å². The van der Waals surface area contributed by atoms with Gasteiger partial charge < -0.3 is 5.11 Å². The zero-order chi connectivity index (χ0) is 6.97. The van der Waals surface area contributed by atoms with Crippen LogP contribution in [0.1, 0.15) is 0 Å². The Morgan fingerprint density at radius 3 is 2.80 bits per heavy atom. The summed E-state index contributed by atoms with van der Waals surface area (Å²) in [6.45, 7) is 0. The minimum Gasteiger partial charge on any atom is -0.871 e. The molecule has 0 bridgehead atoms. The van der Waals surface area contributed by atoms with E-state index in [1.165, 1.54) is 11.3 Å². The summed E-state index contributed by atoms with van der Waals surface area (Å²) in [6.07, 6.45) is 0. The molecule has 0 saturated heterocycles. The Morgan fingerprint density at radius 2 is 2.00 bits per heavy atom. The lowest BCUT2D eigenvalue weighted by Gasteiger charge is -1.98. The number of fused-ring (bicyclic) bond motifs is 1. The van der Waals surface area contributed by atoms with Crippen molar-refractivity contribution in [1.29, 1.82) is 0 Å². The third-order valence-electron chi connectivity index (χ3n) is 1.45. The third kappa shape index (κ3) is 0.693. The lowest BCUT2D eigenvalue weighted by Crippen LogP contribution is -1.84. The summed E-state index contributed by atoms with van der Waals surface area (Å²) in [4.78, 5) is 0. The van der Waals surface area contributed by atoms with Gasteiger partial charge in [-0.15, -0.1) is 11.3 Å². The highest BCUT2D eigenvalue weighted by atomic mass is 32.1. The largest absolute Gasteiger partial charge is 0.871 e. The maximum Gasteiger partial charge on any atom is 0.0336 e. The SMILES string of the molecule is [O-]c1csc2ccccc12. The maximum absolute atomic E-state index is 11.0. The van der Waals surface area contributed by atoms with Crippen molar-refractivity contribution >= 4 is 21.4 Å². The summed E-state index contributed by atoms with van der Waals surface area (Å²) >= 11 is 1.50. The van der Waals surface area contributed by atoms with Gasteiger partial charge in [0.1, 0.15) is 0 Å². The first kappa shape index (κ1) is 5.74. The Kier molecular flexibility index (Phi) is 1.14. The Balaban J connectivity index is 2.93. The Morgan fingerprint density at radius 1 is 1.20 bits per heavy atom. The standard InChI is InChI=1S/C8H6OS/c9-7-5-10-8-4-2-1-3-6(7)8/h1-5,9H/p-1. The summed E-state index contributed by atoms with van der Waals surface area (Å²) in [7, 11) is 0. The van der Waals surface area contributed by atoms with Gasteiger partial charge in [-0.3, -0.25) is 0 Å². The molecule has 10 heavy (non-hydrogen) atoms. The molecule has 0 aliphatic carbocycles. The van der Waals surface area contributed by atoms with Gasteiger partial charge in [-0.25, -0.2) is 0 Å². The molecule has 50 valence electrons. The van der Waals surface area contributed by atoms with E-state index in [0.29, 0.717) is 0 Å². The van der Waals surface area contributed by atoms with Crippen LogP contribution in [0.5, 0.6) is 5.75 Å². The highest BCUT2D eigenvalue weighted by Gasteiger charge is 1.91. The van der Waals surface area contributed by atoms with Crippen molar-refractivity contribution in [3.8, 4) is 5.75 Å². The van der Waals surface area contributed by atoms with Gasteiger partial charge in [-0.2, -0.15) is 0 Å². The van der Waals surface area contributed by atoms with Gasteiger partial charge >= 0.3 is 0 Å². The van der Waals surface area contributed by atoms with Crippen molar-refractivity contribution < 1.29 is 5.11 Å². The molecular formula is C8H5OS-. The van der Waals surface area contributed by atoms with Gasteiger partial charge in [0.25, 0.3) is 0 Å². The first-order chi connectivity index (χ1) is 4.88. The smallest absolute Gasteiger partial charge is 0.0336 e. The van der Waals surface area contributed by atoms with Crippen molar-refractivity contribution in [3.05, 3.63) is 29.6 Å². The average Bonchev–Trinajstić information content (AvgIpc) is 2.34.